The Bertz CT molecular complexity index is 566. The second-order valence-electron chi connectivity index (χ2n) is 3.42. The summed E-state index contributed by atoms with van der Waals surface area (Å²) in [6.07, 6.45) is 3.08. The zero-order chi connectivity index (χ0) is 13.0. The van der Waals surface area contributed by atoms with Crippen LogP contribution in [-0.4, -0.2) is 28.3 Å². The highest BCUT2D eigenvalue weighted by Gasteiger charge is 2.15. The number of carbonyl (C=O) groups excluding carboxylic acids is 2. The Morgan fingerprint density at radius 2 is 2.17 bits per heavy atom. The summed E-state index contributed by atoms with van der Waals surface area (Å²) in [6.45, 7) is -0.343. The minimum atomic E-state index is -0.673. The number of rotatable bonds is 4. The Morgan fingerprint density at radius 3 is 2.83 bits per heavy atom. The first-order chi connectivity index (χ1) is 8.68. The van der Waals surface area contributed by atoms with Gasteiger partial charge in [0.05, 0.1) is 11.3 Å². The van der Waals surface area contributed by atoms with Gasteiger partial charge in [0.25, 0.3) is 0 Å². The molecule has 92 valence electrons. The topological polar surface area (TPSA) is 72.1 Å². The number of ether oxygens (including phenoxy) is 1. The molecule has 0 fully saturated rings. The van der Waals surface area contributed by atoms with Gasteiger partial charge in [-0.15, -0.1) is 0 Å². The molecule has 5 nitrogen and oxygen atoms in total. The van der Waals surface area contributed by atoms with E-state index >= 15 is 0 Å². The highest BCUT2D eigenvalue weighted by atomic mass is 35.5. The van der Waals surface area contributed by atoms with Crippen LogP contribution < -0.4 is 0 Å². The lowest BCUT2D eigenvalue weighted by Gasteiger charge is -2.04. The van der Waals surface area contributed by atoms with Gasteiger partial charge in [-0.05, 0) is 24.3 Å². The van der Waals surface area contributed by atoms with Crippen molar-refractivity contribution < 1.29 is 14.3 Å². The molecule has 0 aliphatic heterocycles. The molecule has 2 aromatic rings. The third-order valence-corrected chi connectivity index (χ3v) is 2.51. The average molecular weight is 265 g/mol. The van der Waals surface area contributed by atoms with Gasteiger partial charge in [-0.2, -0.15) is 0 Å². The van der Waals surface area contributed by atoms with Crippen molar-refractivity contribution in [1.82, 2.24) is 9.97 Å². The second-order valence-corrected chi connectivity index (χ2v) is 3.78. The number of ketones is 1. The zero-order valence-corrected chi connectivity index (χ0v) is 9.98. The van der Waals surface area contributed by atoms with Crippen LogP contribution >= 0.6 is 11.6 Å². The van der Waals surface area contributed by atoms with Gasteiger partial charge in [0, 0.05) is 12.4 Å². The number of hydrogen-bond donors (Lipinski definition) is 1. The van der Waals surface area contributed by atoms with Gasteiger partial charge in [0.1, 0.15) is 5.15 Å². The zero-order valence-electron chi connectivity index (χ0n) is 9.22. The molecule has 0 bridgehead atoms. The lowest BCUT2D eigenvalue weighted by atomic mass is 10.3. The molecule has 2 heterocycles. The lowest BCUT2D eigenvalue weighted by molar-refractivity contribution is 0.0473. The predicted octanol–water partition coefficient (Wildman–Crippen LogP) is 2.10. The van der Waals surface area contributed by atoms with E-state index in [-0.39, 0.29) is 23.1 Å². The molecule has 0 aromatic carbocycles. The number of nitrogens with one attached hydrogen (secondary N) is 1. The normalized spacial score (nSPS) is 10.1. The number of H-pyrrole nitrogens is 1. The lowest BCUT2D eigenvalue weighted by Crippen LogP contribution is -2.15. The Morgan fingerprint density at radius 1 is 1.33 bits per heavy atom. The summed E-state index contributed by atoms with van der Waals surface area (Å²) in [7, 11) is 0. The molecule has 2 rings (SSSR count). The third-order valence-electron chi connectivity index (χ3n) is 2.21. The Labute approximate surface area is 108 Å². The van der Waals surface area contributed by atoms with Crippen LogP contribution in [0.3, 0.4) is 0 Å². The monoisotopic (exact) mass is 264 g/mol. The van der Waals surface area contributed by atoms with Crippen molar-refractivity contribution in [2.75, 3.05) is 6.61 Å². The number of carbonyl (C=O) groups is 2. The summed E-state index contributed by atoms with van der Waals surface area (Å²) in [5.74, 6) is -0.985. The van der Waals surface area contributed by atoms with E-state index in [1.807, 2.05) is 0 Å². The van der Waals surface area contributed by atoms with Crippen molar-refractivity contribution in [3.05, 3.63) is 53.1 Å². The van der Waals surface area contributed by atoms with Crippen molar-refractivity contribution in [2.24, 2.45) is 0 Å². The Kier molecular flexibility index (Phi) is 3.74. The largest absolute Gasteiger partial charge is 0.454 e. The SMILES string of the molecule is O=C(COC(=O)c1cccnc1Cl)c1ccc[nH]1. The second kappa shape index (κ2) is 5.46. The van der Waals surface area contributed by atoms with Gasteiger partial charge in [-0.25, -0.2) is 9.78 Å². The minimum absolute atomic E-state index is 0.0508. The summed E-state index contributed by atoms with van der Waals surface area (Å²) < 4.78 is 4.86. The average Bonchev–Trinajstić information content (AvgIpc) is 2.90. The van der Waals surface area contributed by atoms with Crippen molar-refractivity contribution in [2.45, 2.75) is 0 Å². The first-order valence-corrected chi connectivity index (χ1v) is 5.50. The van der Waals surface area contributed by atoms with Crippen molar-refractivity contribution in [3.63, 3.8) is 0 Å². The first kappa shape index (κ1) is 12.3. The molecule has 0 radical (unpaired) electrons. The van der Waals surface area contributed by atoms with Crippen LogP contribution in [0.25, 0.3) is 0 Å². The molecule has 2 aromatic heterocycles. The van der Waals surface area contributed by atoms with E-state index in [1.54, 1.807) is 24.4 Å². The molecule has 6 heteroatoms. The molecular formula is C12H9ClN2O3. The maximum absolute atomic E-state index is 11.6. The number of aromatic amines is 1. The third kappa shape index (κ3) is 2.75. The molecule has 18 heavy (non-hydrogen) atoms. The Balaban J connectivity index is 1.97. The van der Waals surface area contributed by atoms with Gasteiger partial charge < -0.3 is 9.72 Å². The number of Topliss-reactive ketones (excluding diaryl/α,β-unsaturated/α-hetero) is 1. The van der Waals surface area contributed by atoms with Crippen LogP contribution in [0.5, 0.6) is 0 Å². The fraction of sp³-hybridized carbons (Fsp3) is 0.0833. The van der Waals surface area contributed by atoms with E-state index in [2.05, 4.69) is 9.97 Å². The van der Waals surface area contributed by atoms with Crippen LogP contribution in [0.1, 0.15) is 20.8 Å². The maximum Gasteiger partial charge on any atom is 0.341 e. The molecule has 0 saturated heterocycles. The van der Waals surface area contributed by atoms with Gasteiger partial charge in [0.15, 0.2) is 6.61 Å². The first-order valence-electron chi connectivity index (χ1n) is 5.12. The Hall–Kier alpha value is -2.14. The van der Waals surface area contributed by atoms with Crippen LogP contribution in [0.4, 0.5) is 0 Å². The summed E-state index contributed by atoms with van der Waals surface area (Å²) in [4.78, 5) is 29.7. The van der Waals surface area contributed by atoms with Crippen molar-refractivity contribution in [3.8, 4) is 0 Å². The fourth-order valence-corrected chi connectivity index (χ4v) is 1.53. The van der Waals surface area contributed by atoms with Gasteiger partial charge in [0.2, 0.25) is 5.78 Å². The number of aromatic nitrogens is 2. The molecule has 0 saturated carbocycles. The molecule has 0 spiro atoms. The summed E-state index contributed by atoms with van der Waals surface area (Å²) >= 11 is 5.73. The maximum atomic E-state index is 11.6. The van der Waals surface area contributed by atoms with Crippen LogP contribution in [0.2, 0.25) is 5.15 Å². The molecular weight excluding hydrogens is 256 g/mol. The molecule has 1 N–H and O–H groups in total. The molecule has 0 aliphatic rings. The fourth-order valence-electron chi connectivity index (χ4n) is 1.33. The van der Waals surface area contributed by atoms with E-state index < -0.39 is 5.97 Å². The van der Waals surface area contributed by atoms with Crippen LogP contribution in [0.15, 0.2) is 36.7 Å². The number of pyridine rings is 1. The number of hydrogen-bond acceptors (Lipinski definition) is 4. The highest BCUT2D eigenvalue weighted by Crippen LogP contribution is 2.12. The molecule has 0 amide bonds. The molecule has 0 atom stereocenters. The highest BCUT2D eigenvalue weighted by molar-refractivity contribution is 6.32. The van der Waals surface area contributed by atoms with Gasteiger partial charge in [-0.1, -0.05) is 11.6 Å². The molecule has 0 unspecified atom stereocenters. The minimum Gasteiger partial charge on any atom is -0.454 e. The van der Waals surface area contributed by atoms with E-state index in [0.717, 1.165) is 0 Å². The standard InChI is InChI=1S/C12H9ClN2O3/c13-11-8(3-1-6-15-11)12(17)18-7-10(16)9-4-2-5-14-9/h1-6,14H,7H2. The van der Waals surface area contributed by atoms with Gasteiger partial charge in [-0.3, -0.25) is 4.79 Å². The van der Waals surface area contributed by atoms with E-state index in [0.29, 0.717) is 5.69 Å². The summed E-state index contributed by atoms with van der Waals surface area (Å²) in [5.41, 5.74) is 0.526. The van der Waals surface area contributed by atoms with E-state index in [9.17, 15) is 9.59 Å². The summed E-state index contributed by atoms with van der Waals surface area (Å²) in [5, 5.41) is 0.0508. The molecule has 0 aliphatic carbocycles. The smallest absolute Gasteiger partial charge is 0.341 e. The number of esters is 1. The van der Waals surface area contributed by atoms with Crippen LogP contribution in [0, 0.1) is 0 Å². The number of nitrogens with zero attached hydrogens (tertiary/aromatic N) is 1. The summed E-state index contributed by atoms with van der Waals surface area (Å²) in [6, 6.07) is 6.34. The van der Waals surface area contributed by atoms with Gasteiger partial charge >= 0.3 is 5.97 Å². The van der Waals surface area contributed by atoms with Crippen LogP contribution in [-0.2, 0) is 4.74 Å². The van der Waals surface area contributed by atoms with Crippen molar-refractivity contribution in [1.29, 1.82) is 0 Å². The van der Waals surface area contributed by atoms with E-state index in [1.165, 1.54) is 12.3 Å². The quantitative estimate of drug-likeness (QED) is 0.521. The van der Waals surface area contributed by atoms with E-state index in [4.69, 9.17) is 16.3 Å². The van der Waals surface area contributed by atoms with Crippen molar-refractivity contribution >= 4 is 23.4 Å². The predicted molar refractivity (Wildman–Crippen MR) is 64.7 cm³/mol. The number of halogens is 1.